The van der Waals surface area contributed by atoms with Gasteiger partial charge in [0.25, 0.3) is 5.82 Å². The first-order valence-electron chi connectivity index (χ1n) is 5.68. The summed E-state index contributed by atoms with van der Waals surface area (Å²) in [6, 6.07) is 0.561. The van der Waals surface area contributed by atoms with Crippen LogP contribution in [0.5, 0.6) is 0 Å². The average molecular weight is 195 g/mol. The monoisotopic (exact) mass is 195 g/mol. The molecule has 0 saturated heterocycles. The lowest BCUT2D eigenvalue weighted by molar-refractivity contribution is -0.704. The van der Waals surface area contributed by atoms with E-state index in [-0.39, 0.29) is 0 Å². The van der Waals surface area contributed by atoms with Gasteiger partial charge in [-0.15, -0.1) is 0 Å². The van der Waals surface area contributed by atoms with Gasteiger partial charge in [-0.25, -0.2) is 9.13 Å². The topological polar surface area (TPSA) is 8.81 Å². The van der Waals surface area contributed by atoms with E-state index in [0.717, 1.165) is 6.54 Å². The first-order valence-corrected chi connectivity index (χ1v) is 5.68. The van der Waals surface area contributed by atoms with E-state index in [1.807, 2.05) is 0 Å². The van der Waals surface area contributed by atoms with Crippen molar-refractivity contribution in [2.75, 3.05) is 0 Å². The van der Waals surface area contributed by atoms with Gasteiger partial charge >= 0.3 is 0 Å². The minimum atomic E-state index is 0.561. The van der Waals surface area contributed by atoms with E-state index in [1.165, 1.54) is 12.2 Å². The maximum Gasteiger partial charge on any atom is 0.259 e. The molecule has 2 heteroatoms. The second kappa shape index (κ2) is 4.63. The van der Waals surface area contributed by atoms with Crippen molar-refractivity contribution in [2.45, 2.75) is 59.5 Å². The molecule has 0 atom stereocenters. The summed E-state index contributed by atoms with van der Waals surface area (Å²) < 4.78 is 4.75. The molecule has 0 bridgehead atoms. The minimum absolute atomic E-state index is 0.561. The van der Waals surface area contributed by atoms with E-state index in [4.69, 9.17) is 0 Å². The quantitative estimate of drug-likeness (QED) is 0.653. The molecule has 0 unspecified atom stereocenters. The first kappa shape index (κ1) is 11.3. The van der Waals surface area contributed by atoms with Crippen LogP contribution in [0.1, 0.15) is 58.8 Å². The summed E-state index contributed by atoms with van der Waals surface area (Å²) in [5.41, 5.74) is 0. The van der Waals surface area contributed by atoms with E-state index >= 15 is 0 Å². The van der Waals surface area contributed by atoms with Gasteiger partial charge in [0.05, 0.1) is 18.5 Å². The summed E-state index contributed by atoms with van der Waals surface area (Å²) in [5, 5.41) is 0. The van der Waals surface area contributed by atoms with E-state index < -0.39 is 0 Å². The lowest BCUT2D eigenvalue weighted by atomic mass is 10.2. The van der Waals surface area contributed by atoms with E-state index in [0.29, 0.717) is 12.0 Å². The molecule has 1 aromatic heterocycles. The van der Waals surface area contributed by atoms with Gasteiger partial charge in [-0.05, 0) is 20.3 Å². The number of hydrogen-bond donors (Lipinski definition) is 0. The zero-order chi connectivity index (χ0) is 10.7. The predicted octanol–water partition coefficient (Wildman–Crippen LogP) is 2.89. The molecule has 1 rings (SSSR count). The smallest absolute Gasteiger partial charge is 0.234 e. The number of aryl methyl sites for hydroxylation is 1. The van der Waals surface area contributed by atoms with Crippen LogP contribution in [0.4, 0.5) is 0 Å². The third-order valence-corrected chi connectivity index (χ3v) is 2.50. The van der Waals surface area contributed by atoms with Gasteiger partial charge in [0.2, 0.25) is 0 Å². The standard InChI is InChI=1S/C12H23N2/c1-6-7-13-8-9-14(11(4)5)12(13)10(2)3/h8-11H,6-7H2,1-5H3/q+1. The summed E-state index contributed by atoms with van der Waals surface area (Å²) in [6.45, 7) is 12.4. The molecule has 0 spiro atoms. The van der Waals surface area contributed by atoms with Gasteiger partial charge in [0, 0.05) is 0 Å². The molecule has 14 heavy (non-hydrogen) atoms. The molecule has 0 N–H and O–H groups in total. The van der Waals surface area contributed by atoms with E-state index in [2.05, 4.69) is 56.1 Å². The van der Waals surface area contributed by atoms with Crippen molar-refractivity contribution < 1.29 is 4.57 Å². The molecule has 0 saturated carbocycles. The summed E-state index contributed by atoms with van der Waals surface area (Å²) in [4.78, 5) is 0. The summed E-state index contributed by atoms with van der Waals surface area (Å²) in [7, 11) is 0. The Hall–Kier alpha value is -0.790. The first-order chi connectivity index (χ1) is 6.57. The fourth-order valence-electron chi connectivity index (χ4n) is 1.95. The number of nitrogens with zero attached hydrogens (tertiary/aromatic N) is 2. The zero-order valence-corrected chi connectivity index (χ0v) is 10.1. The highest BCUT2D eigenvalue weighted by molar-refractivity contribution is 4.91. The van der Waals surface area contributed by atoms with E-state index in [9.17, 15) is 0 Å². The molecule has 1 aromatic rings. The number of hydrogen-bond acceptors (Lipinski definition) is 0. The number of imidazole rings is 1. The third kappa shape index (κ3) is 2.17. The van der Waals surface area contributed by atoms with Crippen molar-refractivity contribution >= 4 is 0 Å². The second-order valence-corrected chi connectivity index (χ2v) is 4.51. The Kier molecular flexibility index (Phi) is 3.73. The van der Waals surface area contributed by atoms with Crippen molar-refractivity contribution in [3.63, 3.8) is 0 Å². The Balaban J connectivity index is 3.07. The second-order valence-electron chi connectivity index (χ2n) is 4.51. The van der Waals surface area contributed by atoms with Crippen LogP contribution in [0.3, 0.4) is 0 Å². The Morgan fingerprint density at radius 3 is 2.36 bits per heavy atom. The SMILES string of the molecule is CCC[n+]1ccn(C(C)C)c1C(C)C. The number of aromatic nitrogens is 2. The number of rotatable bonds is 4. The molecule has 1 heterocycles. The Bertz CT molecular complexity index is 285. The maximum absolute atomic E-state index is 2.38. The van der Waals surface area contributed by atoms with Crippen LogP contribution >= 0.6 is 0 Å². The molecule has 0 fully saturated rings. The van der Waals surface area contributed by atoms with Gasteiger partial charge in [-0.2, -0.15) is 0 Å². The summed E-state index contributed by atoms with van der Waals surface area (Å²) in [6.07, 6.45) is 5.61. The van der Waals surface area contributed by atoms with Crippen LogP contribution < -0.4 is 4.57 Å². The van der Waals surface area contributed by atoms with Gasteiger partial charge in [0.15, 0.2) is 0 Å². The maximum atomic E-state index is 2.38. The molecule has 0 aliphatic heterocycles. The lowest BCUT2D eigenvalue weighted by Gasteiger charge is -2.09. The van der Waals surface area contributed by atoms with Crippen LogP contribution in [-0.4, -0.2) is 4.57 Å². The van der Waals surface area contributed by atoms with Crippen LogP contribution in [0, 0.1) is 0 Å². The Morgan fingerprint density at radius 1 is 1.29 bits per heavy atom. The van der Waals surface area contributed by atoms with Crippen molar-refractivity contribution in [1.29, 1.82) is 0 Å². The largest absolute Gasteiger partial charge is 0.259 e. The molecular weight excluding hydrogens is 172 g/mol. The molecule has 80 valence electrons. The highest BCUT2D eigenvalue weighted by Crippen LogP contribution is 2.15. The lowest BCUT2D eigenvalue weighted by Crippen LogP contribution is -2.37. The molecular formula is C12H23N2+. The average Bonchev–Trinajstić information content (AvgIpc) is 2.48. The van der Waals surface area contributed by atoms with Crippen molar-refractivity contribution in [3.05, 3.63) is 18.2 Å². The minimum Gasteiger partial charge on any atom is -0.234 e. The summed E-state index contributed by atoms with van der Waals surface area (Å²) >= 11 is 0. The van der Waals surface area contributed by atoms with Gasteiger partial charge in [-0.1, -0.05) is 20.8 Å². The fraction of sp³-hybridized carbons (Fsp3) is 0.750. The molecule has 0 aliphatic rings. The molecule has 0 aromatic carbocycles. The van der Waals surface area contributed by atoms with Crippen molar-refractivity contribution in [3.8, 4) is 0 Å². The summed E-state index contributed by atoms with van der Waals surface area (Å²) in [5.74, 6) is 2.04. The van der Waals surface area contributed by atoms with Crippen LogP contribution in [0.25, 0.3) is 0 Å². The molecule has 0 radical (unpaired) electrons. The van der Waals surface area contributed by atoms with Gasteiger partial charge in [0.1, 0.15) is 12.4 Å². The van der Waals surface area contributed by atoms with Crippen molar-refractivity contribution in [2.24, 2.45) is 0 Å². The molecule has 0 amide bonds. The normalized spacial score (nSPS) is 11.6. The zero-order valence-electron chi connectivity index (χ0n) is 10.1. The van der Waals surface area contributed by atoms with Crippen LogP contribution in [0.2, 0.25) is 0 Å². The highest BCUT2D eigenvalue weighted by Gasteiger charge is 2.21. The van der Waals surface area contributed by atoms with Gasteiger partial charge < -0.3 is 0 Å². The van der Waals surface area contributed by atoms with Crippen LogP contribution in [-0.2, 0) is 6.54 Å². The van der Waals surface area contributed by atoms with E-state index in [1.54, 1.807) is 0 Å². The Labute approximate surface area is 87.6 Å². The van der Waals surface area contributed by atoms with Crippen molar-refractivity contribution in [1.82, 2.24) is 4.57 Å². The highest BCUT2D eigenvalue weighted by atomic mass is 15.2. The fourth-order valence-corrected chi connectivity index (χ4v) is 1.95. The Morgan fingerprint density at radius 2 is 1.93 bits per heavy atom. The van der Waals surface area contributed by atoms with Crippen LogP contribution in [0.15, 0.2) is 12.4 Å². The predicted molar refractivity (Wildman–Crippen MR) is 59.4 cm³/mol. The van der Waals surface area contributed by atoms with Gasteiger partial charge in [-0.3, -0.25) is 0 Å². The molecule has 2 nitrogen and oxygen atoms in total. The third-order valence-electron chi connectivity index (χ3n) is 2.50. The molecule has 0 aliphatic carbocycles.